The number of rotatable bonds is 4. The average Bonchev–Trinajstić information content (AvgIpc) is 2.77. The van der Waals surface area contributed by atoms with E-state index >= 15 is 0 Å². The van der Waals surface area contributed by atoms with Crippen LogP contribution in [-0.2, 0) is 11.2 Å². The molecule has 140 valence electrons. The number of fused-ring (bicyclic) bond motifs is 3. The molecule has 2 N–H and O–H groups in total. The van der Waals surface area contributed by atoms with Crippen LogP contribution < -0.4 is 10.9 Å². The Labute approximate surface area is 168 Å². The summed E-state index contributed by atoms with van der Waals surface area (Å²) < 4.78 is 0. The van der Waals surface area contributed by atoms with Gasteiger partial charge in [-0.05, 0) is 28.5 Å². The van der Waals surface area contributed by atoms with Gasteiger partial charge in [-0.2, -0.15) is 0 Å². The Morgan fingerprint density at radius 2 is 1.28 bits per heavy atom. The Morgan fingerprint density at radius 3 is 2.00 bits per heavy atom. The Hall–Kier alpha value is -3.92. The quantitative estimate of drug-likeness (QED) is 0.333. The van der Waals surface area contributed by atoms with Gasteiger partial charge in [0.05, 0.1) is 23.1 Å². The van der Waals surface area contributed by atoms with Crippen LogP contribution in [0, 0.1) is 0 Å². The molecule has 0 fully saturated rings. The zero-order valence-electron chi connectivity index (χ0n) is 15.7. The smallest absolute Gasteiger partial charge is 0.242 e. The minimum absolute atomic E-state index is 0.0914. The van der Waals surface area contributed by atoms with Gasteiger partial charge in [0.25, 0.3) is 0 Å². The lowest BCUT2D eigenvalue weighted by atomic mass is 10.0. The molecule has 0 aliphatic rings. The SMILES string of the molecule is O=C(Cc1cccc2ccccc12)NNc1c2ccccc2nc2ccccc12. The van der Waals surface area contributed by atoms with Crippen LogP contribution in [0.25, 0.3) is 32.6 Å². The van der Waals surface area contributed by atoms with E-state index < -0.39 is 0 Å². The van der Waals surface area contributed by atoms with Gasteiger partial charge in [0.15, 0.2) is 0 Å². The van der Waals surface area contributed by atoms with Gasteiger partial charge in [-0.25, -0.2) is 4.98 Å². The number of amides is 1. The average molecular weight is 377 g/mol. The number of pyridine rings is 1. The number of carbonyl (C=O) groups excluding carboxylic acids is 1. The van der Waals surface area contributed by atoms with E-state index in [0.717, 1.165) is 43.8 Å². The molecule has 0 radical (unpaired) electrons. The van der Waals surface area contributed by atoms with Crippen LogP contribution in [0.3, 0.4) is 0 Å². The minimum atomic E-state index is -0.0914. The van der Waals surface area contributed by atoms with Gasteiger partial charge in [0.2, 0.25) is 5.91 Å². The molecule has 0 unspecified atom stereocenters. The monoisotopic (exact) mass is 377 g/mol. The van der Waals surface area contributed by atoms with Crippen molar-refractivity contribution >= 4 is 44.2 Å². The molecule has 1 amide bonds. The largest absolute Gasteiger partial charge is 0.297 e. The van der Waals surface area contributed by atoms with Crippen molar-refractivity contribution in [2.75, 3.05) is 5.43 Å². The molecular weight excluding hydrogens is 358 g/mol. The summed E-state index contributed by atoms with van der Waals surface area (Å²) in [7, 11) is 0. The van der Waals surface area contributed by atoms with Gasteiger partial charge in [-0.3, -0.25) is 15.6 Å². The predicted octanol–water partition coefficient (Wildman–Crippen LogP) is 5.23. The summed E-state index contributed by atoms with van der Waals surface area (Å²) in [5.41, 5.74) is 9.68. The second kappa shape index (κ2) is 7.24. The first-order valence-electron chi connectivity index (χ1n) is 9.58. The molecule has 4 aromatic carbocycles. The Balaban J connectivity index is 1.45. The summed E-state index contributed by atoms with van der Waals surface area (Å²) in [6, 6.07) is 30.0. The summed E-state index contributed by atoms with van der Waals surface area (Å²) in [5.74, 6) is -0.0914. The summed E-state index contributed by atoms with van der Waals surface area (Å²) in [6.45, 7) is 0. The molecule has 29 heavy (non-hydrogen) atoms. The molecule has 0 saturated heterocycles. The van der Waals surface area contributed by atoms with Crippen LogP contribution in [0.15, 0.2) is 91.0 Å². The van der Waals surface area contributed by atoms with Crippen molar-refractivity contribution in [3.05, 3.63) is 96.6 Å². The third-order valence-corrected chi connectivity index (χ3v) is 5.15. The lowest BCUT2D eigenvalue weighted by Crippen LogP contribution is -2.31. The molecule has 0 spiro atoms. The van der Waals surface area contributed by atoms with E-state index in [-0.39, 0.29) is 5.91 Å². The first-order chi connectivity index (χ1) is 14.3. The van der Waals surface area contributed by atoms with Crippen LogP contribution >= 0.6 is 0 Å². The molecule has 0 bridgehead atoms. The van der Waals surface area contributed by atoms with Crippen LogP contribution in [0.2, 0.25) is 0 Å². The number of aromatic nitrogens is 1. The fraction of sp³-hybridized carbons (Fsp3) is 0.0400. The highest BCUT2D eigenvalue weighted by Crippen LogP contribution is 2.30. The van der Waals surface area contributed by atoms with E-state index in [9.17, 15) is 4.79 Å². The van der Waals surface area contributed by atoms with E-state index in [4.69, 9.17) is 4.98 Å². The van der Waals surface area contributed by atoms with Crippen molar-refractivity contribution in [2.45, 2.75) is 6.42 Å². The molecular formula is C25H19N3O. The van der Waals surface area contributed by atoms with Gasteiger partial charge in [-0.1, -0.05) is 78.9 Å². The molecule has 0 aliphatic heterocycles. The standard InChI is InChI=1S/C25H19N3O/c29-24(16-18-10-7-9-17-8-1-2-11-19(17)18)27-28-25-20-12-3-5-14-22(20)26-23-15-6-4-13-21(23)25/h1-15H,16H2,(H,26,28)(H,27,29). The number of hydrazine groups is 1. The molecule has 0 atom stereocenters. The number of para-hydroxylation sites is 2. The maximum absolute atomic E-state index is 12.7. The first-order valence-corrected chi connectivity index (χ1v) is 9.58. The number of hydrogen-bond donors (Lipinski definition) is 2. The van der Waals surface area contributed by atoms with Crippen molar-refractivity contribution in [1.29, 1.82) is 0 Å². The topological polar surface area (TPSA) is 54.0 Å². The highest BCUT2D eigenvalue weighted by molar-refractivity contribution is 6.07. The lowest BCUT2D eigenvalue weighted by molar-refractivity contribution is -0.119. The molecule has 0 saturated carbocycles. The predicted molar refractivity (Wildman–Crippen MR) is 119 cm³/mol. The fourth-order valence-electron chi connectivity index (χ4n) is 3.77. The maximum Gasteiger partial charge on any atom is 0.242 e. The van der Waals surface area contributed by atoms with Crippen molar-refractivity contribution < 1.29 is 4.79 Å². The van der Waals surface area contributed by atoms with Gasteiger partial charge in [-0.15, -0.1) is 0 Å². The Kier molecular flexibility index (Phi) is 4.30. The van der Waals surface area contributed by atoms with Gasteiger partial charge in [0.1, 0.15) is 0 Å². The number of hydrogen-bond acceptors (Lipinski definition) is 3. The molecule has 5 aromatic rings. The van der Waals surface area contributed by atoms with E-state index in [0.29, 0.717) is 6.42 Å². The summed E-state index contributed by atoms with van der Waals surface area (Å²) in [4.78, 5) is 17.4. The molecule has 0 aliphatic carbocycles. The molecule has 5 rings (SSSR count). The Bertz CT molecular complexity index is 1300. The number of nitrogens with zero attached hydrogens (tertiary/aromatic N) is 1. The van der Waals surface area contributed by atoms with Crippen LogP contribution in [0.1, 0.15) is 5.56 Å². The number of carbonyl (C=O) groups is 1. The molecule has 4 heteroatoms. The second-order valence-corrected chi connectivity index (χ2v) is 7.01. The highest BCUT2D eigenvalue weighted by Gasteiger charge is 2.11. The lowest BCUT2D eigenvalue weighted by Gasteiger charge is -2.14. The number of benzene rings is 4. The fourth-order valence-corrected chi connectivity index (χ4v) is 3.77. The summed E-state index contributed by atoms with van der Waals surface area (Å²) in [5, 5.41) is 4.18. The zero-order valence-corrected chi connectivity index (χ0v) is 15.7. The van der Waals surface area contributed by atoms with Crippen LogP contribution in [0.5, 0.6) is 0 Å². The van der Waals surface area contributed by atoms with Gasteiger partial charge >= 0.3 is 0 Å². The van der Waals surface area contributed by atoms with Gasteiger partial charge < -0.3 is 0 Å². The van der Waals surface area contributed by atoms with E-state index in [2.05, 4.69) is 29.1 Å². The van der Waals surface area contributed by atoms with Crippen molar-refractivity contribution in [3.63, 3.8) is 0 Å². The van der Waals surface area contributed by atoms with E-state index in [1.54, 1.807) is 0 Å². The second-order valence-electron chi connectivity index (χ2n) is 7.01. The third-order valence-electron chi connectivity index (χ3n) is 5.15. The number of anilines is 1. The van der Waals surface area contributed by atoms with Crippen LogP contribution in [0.4, 0.5) is 5.69 Å². The molecule has 1 aromatic heterocycles. The van der Waals surface area contributed by atoms with E-state index in [1.807, 2.05) is 72.8 Å². The van der Waals surface area contributed by atoms with Crippen LogP contribution in [-0.4, -0.2) is 10.9 Å². The first kappa shape index (κ1) is 17.2. The molecule has 4 nitrogen and oxygen atoms in total. The third kappa shape index (κ3) is 3.25. The Morgan fingerprint density at radius 1 is 0.690 bits per heavy atom. The van der Waals surface area contributed by atoms with Crippen molar-refractivity contribution in [1.82, 2.24) is 10.4 Å². The van der Waals surface area contributed by atoms with Crippen molar-refractivity contribution in [3.8, 4) is 0 Å². The zero-order chi connectivity index (χ0) is 19.6. The normalized spacial score (nSPS) is 11.0. The summed E-state index contributed by atoms with van der Waals surface area (Å²) in [6.07, 6.45) is 0.301. The maximum atomic E-state index is 12.7. The minimum Gasteiger partial charge on any atom is -0.297 e. The highest BCUT2D eigenvalue weighted by atomic mass is 16.2. The molecule has 1 heterocycles. The van der Waals surface area contributed by atoms with Crippen molar-refractivity contribution in [2.24, 2.45) is 0 Å². The van der Waals surface area contributed by atoms with Gasteiger partial charge in [0, 0.05) is 10.8 Å². The van der Waals surface area contributed by atoms with E-state index in [1.165, 1.54) is 0 Å². The summed E-state index contributed by atoms with van der Waals surface area (Å²) >= 11 is 0. The number of nitrogens with one attached hydrogen (secondary N) is 2.